The lowest BCUT2D eigenvalue weighted by Crippen LogP contribution is -2.22. The molecule has 1 aromatic carbocycles. The molecule has 1 rings (SSSR count). The summed E-state index contributed by atoms with van der Waals surface area (Å²) < 4.78 is 0. The Hall–Kier alpha value is -0.940. The van der Waals surface area contributed by atoms with Gasteiger partial charge in [-0.05, 0) is 11.1 Å². The van der Waals surface area contributed by atoms with E-state index in [9.17, 15) is 0 Å². The molecule has 1 aromatic rings. The Bertz CT molecular complexity index is 300. The summed E-state index contributed by atoms with van der Waals surface area (Å²) in [6, 6.07) is 8.18. The Morgan fingerprint density at radius 3 is 2.53 bits per heavy atom. The summed E-state index contributed by atoms with van der Waals surface area (Å²) in [7, 11) is 0. The van der Waals surface area contributed by atoms with Crippen molar-refractivity contribution in [2.45, 2.75) is 33.0 Å². The van der Waals surface area contributed by atoms with E-state index in [2.05, 4.69) is 19.2 Å². The van der Waals surface area contributed by atoms with Crippen molar-refractivity contribution in [2.75, 3.05) is 0 Å². The largest absolute Gasteiger partial charge is 0.310 e. The second-order valence-electron chi connectivity index (χ2n) is 3.89. The molecule has 0 saturated carbocycles. The molecule has 0 saturated heterocycles. The van der Waals surface area contributed by atoms with Crippen molar-refractivity contribution in [1.82, 2.24) is 10.5 Å². The Balaban J connectivity index is 2.57. The van der Waals surface area contributed by atoms with Crippen LogP contribution in [-0.2, 0) is 13.1 Å². The summed E-state index contributed by atoms with van der Waals surface area (Å²) in [4.78, 5) is 0. The maximum Gasteiger partial charge on any atom is 0.0763 e. The summed E-state index contributed by atoms with van der Waals surface area (Å²) in [6.45, 7) is 5.10. The Morgan fingerprint density at radius 2 is 1.93 bits per heavy atom. The molecule has 15 heavy (non-hydrogen) atoms. The molecule has 0 radical (unpaired) electrons. The number of benzene rings is 1. The highest BCUT2D eigenvalue weighted by atomic mass is 16.8. The van der Waals surface area contributed by atoms with Crippen molar-refractivity contribution < 1.29 is 10.4 Å². The first kappa shape index (κ1) is 12.1. The molecular weight excluding hydrogens is 192 g/mol. The zero-order chi connectivity index (χ0) is 11.3. The number of hydrogen-bond acceptors (Lipinski definition) is 4. The Labute approximate surface area is 90.1 Å². The fourth-order valence-corrected chi connectivity index (χ4v) is 1.32. The molecule has 0 spiro atoms. The third-order valence-electron chi connectivity index (χ3n) is 2.03. The zero-order valence-corrected chi connectivity index (χ0v) is 9.14. The van der Waals surface area contributed by atoms with E-state index in [-0.39, 0.29) is 11.8 Å². The van der Waals surface area contributed by atoms with Crippen molar-refractivity contribution in [3.05, 3.63) is 35.4 Å². The number of hydroxylamine groups is 2. The van der Waals surface area contributed by atoms with Crippen molar-refractivity contribution in [3.63, 3.8) is 0 Å². The Kier molecular flexibility index (Phi) is 4.71. The molecule has 84 valence electrons. The lowest BCUT2D eigenvalue weighted by Gasteiger charge is -2.10. The van der Waals surface area contributed by atoms with Crippen LogP contribution in [0, 0.1) is 0 Å². The normalized spacial score (nSPS) is 11.3. The SMILES string of the molecule is CC(C)NCc1cccc(CN(O)O)c1. The topological polar surface area (TPSA) is 55.7 Å². The van der Waals surface area contributed by atoms with E-state index < -0.39 is 0 Å². The maximum absolute atomic E-state index is 8.69. The van der Waals surface area contributed by atoms with Crippen LogP contribution in [0.15, 0.2) is 24.3 Å². The smallest absolute Gasteiger partial charge is 0.0763 e. The number of nitrogens with zero attached hydrogens (tertiary/aromatic N) is 1. The minimum atomic E-state index is 0.121. The van der Waals surface area contributed by atoms with E-state index in [1.54, 1.807) is 0 Å². The van der Waals surface area contributed by atoms with Gasteiger partial charge >= 0.3 is 0 Å². The molecule has 4 nitrogen and oxygen atoms in total. The van der Waals surface area contributed by atoms with E-state index in [0.29, 0.717) is 6.04 Å². The van der Waals surface area contributed by atoms with Gasteiger partial charge in [0.25, 0.3) is 0 Å². The maximum atomic E-state index is 8.69. The van der Waals surface area contributed by atoms with Crippen molar-refractivity contribution >= 4 is 0 Å². The van der Waals surface area contributed by atoms with Crippen LogP contribution >= 0.6 is 0 Å². The highest BCUT2D eigenvalue weighted by molar-refractivity contribution is 5.23. The summed E-state index contributed by atoms with van der Waals surface area (Å²) in [5.41, 5.74) is 2.02. The molecule has 4 heteroatoms. The third-order valence-corrected chi connectivity index (χ3v) is 2.03. The summed E-state index contributed by atoms with van der Waals surface area (Å²) in [5, 5.41) is 20.9. The monoisotopic (exact) mass is 210 g/mol. The van der Waals surface area contributed by atoms with Crippen molar-refractivity contribution in [3.8, 4) is 0 Å². The predicted molar refractivity (Wildman–Crippen MR) is 57.5 cm³/mol. The van der Waals surface area contributed by atoms with Gasteiger partial charge in [-0.15, -0.1) is 0 Å². The zero-order valence-electron chi connectivity index (χ0n) is 9.14. The molecule has 0 aromatic heterocycles. The predicted octanol–water partition coefficient (Wildman–Crippen LogP) is 1.76. The van der Waals surface area contributed by atoms with E-state index in [1.165, 1.54) is 0 Å². The quantitative estimate of drug-likeness (QED) is 0.648. The van der Waals surface area contributed by atoms with Crippen LogP contribution in [-0.4, -0.2) is 21.7 Å². The molecule has 0 atom stereocenters. The van der Waals surface area contributed by atoms with Gasteiger partial charge in [0.15, 0.2) is 0 Å². The lowest BCUT2D eigenvalue weighted by atomic mass is 10.1. The van der Waals surface area contributed by atoms with Crippen LogP contribution in [0.5, 0.6) is 0 Å². The van der Waals surface area contributed by atoms with Gasteiger partial charge in [-0.3, -0.25) is 10.4 Å². The number of nitrogens with one attached hydrogen (secondary N) is 1. The molecule has 0 bridgehead atoms. The Morgan fingerprint density at radius 1 is 1.27 bits per heavy atom. The minimum Gasteiger partial charge on any atom is -0.310 e. The van der Waals surface area contributed by atoms with E-state index >= 15 is 0 Å². The highest BCUT2D eigenvalue weighted by Crippen LogP contribution is 2.06. The summed E-state index contributed by atoms with van der Waals surface area (Å²) in [6.07, 6.45) is 0. The first-order valence-electron chi connectivity index (χ1n) is 5.04. The average Bonchev–Trinajstić information content (AvgIpc) is 2.14. The van der Waals surface area contributed by atoms with E-state index in [0.717, 1.165) is 17.7 Å². The molecule has 0 aliphatic heterocycles. The van der Waals surface area contributed by atoms with Gasteiger partial charge in [0.2, 0.25) is 0 Å². The number of hydrogen-bond donors (Lipinski definition) is 3. The molecule has 3 N–H and O–H groups in total. The summed E-state index contributed by atoms with van der Waals surface area (Å²) in [5.74, 6) is 0. The van der Waals surface area contributed by atoms with Gasteiger partial charge in [-0.1, -0.05) is 43.3 Å². The van der Waals surface area contributed by atoms with Crippen molar-refractivity contribution in [2.24, 2.45) is 0 Å². The van der Waals surface area contributed by atoms with Crippen LogP contribution in [0.4, 0.5) is 0 Å². The third kappa shape index (κ3) is 4.90. The van der Waals surface area contributed by atoms with Gasteiger partial charge in [-0.25, -0.2) is 0 Å². The molecule has 0 aliphatic rings. The molecule has 0 unspecified atom stereocenters. The second-order valence-corrected chi connectivity index (χ2v) is 3.89. The summed E-state index contributed by atoms with van der Waals surface area (Å²) >= 11 is 0. The van der Waals surface area contributed by atoms with Gasteiger partial charge in [0, 0.05) is 12.6 Å². The molecular formula is C11H18N2O2. The van der Waals surface area contributed by atoms with Crippen LogP contribution in [0.2, 0.25) is 0 Å². The number of rotatable bonds is 5. The molecule has 0 amide bonds. The fourth-order valence-electron chi connectivity index (χ4n) is 1.32. The average molecular weight is 210 g/mol. The minimum absolute atomic E-state index is 0.121. The lowest BCUT2D eigenvalue weighted by molar-refractivity contribution is -0.314. The van der Waals surface area contributed by atoms with Crippen LogP contribution in [0.3, 0.4) is 0 Å². The van der Waals surface area contributed by atoms with Crippen LogP contribution in [0.1, 0.15) is 25.0 Å². The van der Waals surface area contributed by atoms with E-state index in [4.69, 9.17) is 10.4 Å². The fraction of sp³-hybridized carbons (Fsp3) is 0.455. The standard InChI is InChI=1S/C11H18N2O2/c1-9(2)12-7-10-4-3-5-11(6-10)8-13(14)15/h3-6,9,12,14-15H,7-8H2,1-2H3. The van der Waals surface area contributed by atoms with Gasteiger partial charge in [0.05, 0.1) is 6.54 Å². The molecule has 0 aliphatic carbocycles. The van der Waals surface area contributed by atoms with Gasteiger partial charge < -0.3 is 5.32 Å². The molecule has 0 fully saturated rings. The first-order chi connectivity index (χ1) is 7.08. The van der Waals surface area contributed by atoms with Crippen LogP contribution < -0.4 is 5.32 Å². The van der Waals surface area contributed by atoms with Gasteiger partial charge in [0.1, 0.15) is 0 Å². The van der Waals surface area contributed by atoms with Gasteiger partial charge in [-0.2, -0.15) is 0 Å². The van der Waals surface area contributed by atoms with Crippen LogP contribution in [0.25, 0.3) is 0 Å². The van der Waals surface area contributed by atoms with Crippen molar-refractivity contribution in [1.29, 1.82) is 0 Å². The highest BCUT2D eigenvalue weighted by Gasteiger charge is 2.00. The van der Waals surface area contributed by atoms with E-state index in [1.807, 2.05) is 24.3 Å². The first-order valence-corrected chi connectivity index (χ1v) is 5.04. The second kappa shape index (κ2) is 5.82. The molecule has 0 heterocycles.